The van der Waals surface area contributed by atoms with Crippen molar-refractivity contribution in [3.05, 3.63) is 52.8 Å². The molecule has 0 amide bonds. The fourth-order valence-corrected chi connectivity index (χ4v) is 2.16. The van der Waals surface area contributed by atoms with Gasteiger partial charge in [0, 0.05) is 0 Å². The maximum atomic E-state index is 5.19. The van der Waals surface area contributed by atoms with Gasteiger partial charge in [0.2, 0.25) is 0 Å². The Kier molecular flexibility index (Phi) is 4.12. The molecule has 1 heterocycles. The van der Waals surface area contributed by atoms with Crippen molar-refractivity contribution in [2.75, 3.05) is 14.2 Å². The van der Waals surface area contributed by atoms with Crippen LogP contribution in [0.15, 0.2) is 30.3 Å². The van der Waals surface area contributed by atoms with Crippen molar-refractivity contribution in [3.8, 4) is 5.75 Å². The van der Waals surface area contributed by atoms with Gasteiger partial charge < -0.3 is 10.1 Å². The molecule has 1 N–H and O–H groups in total. The molecule has 0 spiro atoms. The van der Waals surface area contributed by atoms with Crippen LogP contribution in [0.2, 0.25) is 0 Å². The SMILES string of the molecule is CNC(c1ccc(OC)cc1)c1cc(C)nnc1C. The molecule has 0 saturated carbocycles. The predicted molar refractivity (Wildman–Crippen MR) is 75.4 cm³/mol. The Morgan fingerprint density at radius 3 is 2.37 bits per heavy atom. The fourth-order valence-electron chi connectivity index (χ4n) is 2.16. The first kappa shape index (κ1) is 13.5. The van der Waals surface area contributed by atoms with Gasteiger partial charge in [0.15, 0.2) is 0 Å². The molecular formula is C15H19N3O. The lowest BCUT2D eigenvalue weighted by molar-refractivity contribution is 0.414. The van der Waals surface area contributed by atoms with Crippen LogP contribution in [-0.2, 0) is 0 Å². The Morgan fingerprint density at radius 2 is 1.79 bits per heavy atom. The minimum Gasteiger partial charge on any atom is -0.497 e. The molecule has 4 nitrogen and oxygen atoms in total. The van der Waals surface area contributed by atoms with E-state index in [-0.39, 0.29) is 6.04 Å². The third-order valence-electron chi connectivity index (χ3n) is 3.19. The van der Waals surface area contributed by atoms with Crippen LogP contribution in [0.5, 0.6) is 5.75 Å². The monoisotopic (exact) mass is 257 g/mol. The number of nitrogens with one attached hydrogen (secondary N) is 1. The normalized spacial score (nSPS) is 12.2. The van der Waals surface area contributed by atoms with E-state index in [9.17, 15) is 0 Å². The second-order valence-corrected chi connectivity index (χ2v) is 4.52. The molecule has 0 radical (unpaired) electrons. The number of nitrogens with zero attached hydrogens (tertiary/aromatic N) is 2. The number of aromatic nitrogens is 2. The van der Waals surface area contributed by atoms with Crippen LogP contribution in [-0.4, -0.2) is 24.4 Å². The molecular weight excluding hydrogens is 238 g/mol. The number of hydrogen-bond acceptors (Lipinski definition) is 4. The molecule has 2 aromatic rings. The van der Waals surface area contributed by atoms with Gasteiger partial charge in [0.25, 0.3) is 0 Å². The number of ether oxygens (including phenoxy) is 1. The number of aryl methyl sites for hydroxylation is 2. The average Bonchev–Trinajstić information content (AvgIpc) is 2.44. The molecule has 0 aliphatic rings. The quantitative estimate of drug-likeness (QED) is 0.913. The van der Waals surface area contributed by atoms with Gasteiger partial charge in [-0.25, -0.2) is 0 Å². The van der Waals surface area contributed by atoms with Crippen LogP contribution in [0, 0.1) is 13.8 Å². The highest BCUT2D eigenvalue weighted by Gasteiger charge is 2.15. The molecule has 2 rings (SSSR count). The van der Waals surface area contributed by atoms with Gasteiger partial charge in [0.1, 0.15) is 5.75 Å². The minimum atomic E-state index is 0.111. The molecule has 0 aliphatic heterocycles. The maximum absolute atomic E-state index is 5.19. The Morgan fingerprint density at radius 1 is 1.11 bits per heavy atom. The van der Waals surface area contributed by atoms with Crippen molar-refractivity contribution >= 4 is 0 Å². The van der Waals surface area contributed by atoms with Crippen LogP contribution >= 0.6 is 0 Å². The molecule has 0 aliphatic carbocycles. The summed E-state index contributed by atoms with van der Waals surface area (Å²) >= 11 is 0. The van der Waals surface area contributed by atoms with Gasteiger partial charge in [-0.1, -0.05) is 12.1 Å². The van der Waals surface area contributed by atoms with E-state index in [1.54, 1.807) is 7.11 Å². The summed E-state index contributed by atoms with van der Waals surface area (Å²) in [5, 5.41) is 11.6. The first-order valence-corrected chi connectivity index (χ1v) is 6.27. The summed E-state index contributed by atoms with van der Waals surface area (Å²) in [4.78, 5) is 0. The molecule has 0 fully saturated rings. The second kappa shape index (κ2) is 5.80. The summed E-state index contributed by atoms with van der Waals surface area (Å²) in [7, 11) is 3.62. The molecule has 19 heavy (non-hydrogen) atoms. The zero-order valence-electron chi connectivity index (χ0n) is 11.8. The number of rotatable bonds is 4. The van der Waals surface area contributed by atoms with Gasteiger partial charge in [-0.2, -0.15) is 10.2 Å². The highest BCUT2D eigenvalue weighted by atomic mass is 16.5. The first-order chi connectivity index (χ1) is 9.15. The zero-order chi connectivity index (χ0) is 13.8. The summed E-state index contributed by atoms with van der Waals surface area (Å²) in [6, 6.07) is 10.3. The Bertz CT molecular complexity index is 552. The summed E-state index contributed by atoms with van der Waals surface area (Å²) in [5.41, 5.74) is 4.20. The largest absolute Gasteiger partial charge is 0.497 e. The molecule has 0 bridgehead atoms. The fraction of sp³-hybridized carbons (Fsp3) is 0.333. The lowest BCUT2D eigenvalue weighted by Crippen LogP contribution is -2.19. The van der Waals surface area contributed by atoms with E-state index in [2.05, 4.69) is 33.7 Å². The zero-order valence-corrected chi connectivity index (χ0v) is 11.8. The van der Waals surface area contributed by atoms with Crippen LogP contribution in [0.25, 0.3) is 0 Å². The lowest BCUT2D eigenvalue weighted by Gasteiger charge is -2.19. The van der Waals surface area contributed by atoms with Gasteiger partial charge in [-0.05, 0) is 50.2 Å². The summed E-state index contributed by atoms with van der Waals surface area (Å²) in [6.07, 6.45) is 0. The van der Waals surface area contributed by atoms with E-state index in [4.69, 9.17) is 4.74 Å². The molecule has 100 valence electrons. The minimum absolute atomic E-state index is 0.111. The molecule has 0 saturated heterocycles. The van der Waals surface area contributed by atoms with E-state index in [0.29, 0.717) is 0 Å². The van der Waals surface area contributed by atoms with E-state index >= 15 is 0 Å². The summed E-state index contributed by atoms with van der Waals surface area (Å²) in [5.74, 6) is 0.861. The summed E-state index contributed by atoms with van der Waals surface area (Å²) < 4.78 is 5.19. The maximum Gasteiger partial charge on any atom is 0.118 e. The van der Waals surface area contributed by atoms with E-state index in [0.717, 1.165) is 22.7 Å². The molecule has 1 aromatic heterocycles. The topological polar surface area (TPSA) is 47.0 Å². The van der Waals surface area contributed by atoms with Gasteiger partial charge in [-0.3, -0.25) is 0 Å². The number of hydrogen-bond donors (Lipinski definition) is 1. The Labute approximate surface area is 113 Å². The van der Waals surface area contributed by atoms with Gasteiger partial charge in [-0.15, -0.1) is 0 Å². The van der Waals surface area contributed by atoms with Crippen LogP contribution in [0.1, 0.15) is 28.6 Å². The van der Waals surface area contributed by atoms with Crippen molar-refractivity contribution in [2.24, 2.45) is 0 Å². The lowest BCUT2D eigenvalue weighted by atomic mass is 9.97. The predicted octanol–water partition coefficient (Wildman–Crippen LogP) is 2.41. The van der Waals surface area contributed by atoms with Crippen molar-refractivity contribution in [3.63, 3.8) is 0 Å². The summed E-state index contributed by atoms with van der Waals surface area (Å²) in [6.45, 7) is 3.94. The first-order valence-electron chi connectivity index (χ1n) is 6.27. The molecule has 1 aromatic carbocycles. The standard InChI is InChI=1S/C15H19N3O/c1-10-9-14(11(2)18-17-10)15(16-3)12-5-7-13(19-4)8-6-12/h5-9,15-16H,1-4H3. The molecule has 1 atom stereocenters. The number of methoxy groups -OCH3 is 1. The van der Waals surface area contributed by atoms with Crippen molar-refractivity contribution in [1.29, 1.82) is 0 Å². The van der Waals surface area contributed by atoms with E-state index in [1.807, 2.05) is 33.0 Å². The van der Waals surface area contributed by atoms with Crippen LogP contribution in [0.4, 0.5) is 0 Å². The Hall–Kier alpha value is -1.94. The third kappa shape index (κ3) is 2.90. The Balaban J connectivity index is 2.40. The molecule has 4 heteroatoms. The molecule has 1 unspecified atom stereocenters. The van der Waals surface area contributed by atoms with Gasteiger partial charge >= 0.3 is 0 Å². The number of benzene rings is 1. The van der Waals surface area contributed by atoms with E-state index < -0.39 is 0 Å². The van der Waals surface area contributed by atoms with Crippen molar-refractivity contribution in [2.45, 2.75) is 19.9 Å². The second-order valence-electron chi connectivity index (χ2n) is 4.52. The average molecular weight is 257 g/mol. The van der Waals surface area contributed by atoms with Crippen molar-refractivity contribution in [1.82, 2.24) is 15.5 Å². The van der Waals surface area contributed by atoms with Crippen LogP contribution in [0.3, 0.4) is 0 Å². The van der Waals surface area contributed by atoms with Gasteiger partial charge in [0.05, 0.1) is 24.5 Å². The van der Waals surface area contributed by atoms with Crippen LogP contribution < -0.4 is 10.1 Å². The van der Waals surface area contributed by atoms with Crippen molar-refractivity contribution < 1.29 is 4.74 Å². The highest BCUT2D eigenvalue weighted by molar-refractivity contribution is 5.37. The van der Waals surface area contributed by atoms with E-state index in [1.165, 1.54) is 5.56 Å². The third-order valence-corrected chi connectivity index (χ3v) is 3.19. The highest BCUT2D eigenvalue weighted by Crippen LogP contribution is 2.25. The smallest absolute Gasteiger partial charge is 0.118 e.